The molecule has 1 aromatic heterocycles. The highest BCUT2D eigenvalue weighted by molar-refractivity contribution is 5.28. The van der Waals surface area contributed by atoms with Gasteiger partial charge in [0.1, 0.15) is 0 Å². The third-order valence-corrected chi connectivity index (χ3v) is 4.32. The zero-order valence-corrected chi connectivity index (χ0v) is 12.3. The molecule has 0 amide bonds. The van der Waals surface area contributed by atoms with E-state index in [0.29, 0.717) is 19.2 Å². The summed E-state index contributed by atoms with van der Waals surface area (Å²) in [7, 11) is 0. The smallest absolute Gasteiger partial charge is 0.375 e. The quantitative estimate of drug-likeness (QED) is 0.854. The van der Waals surface area contributed by atoms with Crippen molar-refractivity contribution in [3.05, 3.63) is 5.89 Å². The molecular formula is C14H20F3N3O2. The van der Waals surface area contributed by atoms with Crippen molar-refractivity contribution >= 4 is 5.95 Å². The first-order valence-corrected chi connectivity index (χ1v) is 7.83. The van der Waals surface area contributed by atoms with Crippen molar-refractivity contribution < 1.29 is 22.4 Å². The third kappa shape index (κ3) is 3.71. The molecule has 0 bridgehead atoms. The van der Waals surface area contributed by atoms with Crippen molar-refractivity contribution in [3.63, 3.8) is 0 Å². The normalized spacial score (nSPS) is 22.2. The first-order chi connectivity index (χ1) is 10.5. The maximum Gasteiger partial charge on any atom is 0.471 e. The summed E-state index contributed by atoms with van der Waals surface area (Å²) >= 11 is 0. The summed E-state index contributed by atoms with van der Waals surface area (Å²) in [5.41, 5.74) is 0. The van der Waals surface area contributed by atoms with Gasteiger partial charge in [-0.05, 0) is 30.8 Å². The van der Waals surface area contributed by atoms with E-state index in [2.05, 4.69) is 14.7 Å². The predicted octanol–water partition coefficient (Wildman–Crippen LogP) is 3.41. The molecular weight excluding hydrogens is 299 g/mol. The summed E-state index contributed by atoms with van der Waals surface area (Å²) in [5, 5.41) is 3.43. The van der Waals surface area contributed by atoms with Crippen LogP contribution in [0, 0.1) is 0 Å². The molecule has 1 aromatic rings. The van der Waals surface area contributed by atoms with Crippen LogP contribution in [-0.4, -0.2) is 35.4 Å². The molecule has 0 N–H and O–H groups in total. The van der Waals surface area contributed by atoms with E-state index in [1.54, 1.807) is 4.90 Å². The van der Waals surface area contributed by atoms with Crippen molar-refractivity contribution in [2.45, 2.75) is 63.3 Å². The number of aromatic nitrogens is 2. The Balaban J connectivity index is 1.50. The van der Waals surface area contributed by atoms with Crippen LogP contribution in [0.5, 0.6) is 0 Å². The lowest BCUT2D eigenvalue weighted by atomic mass is 9.97. The topological polar surface area (TPSA) is 51.4 Å². The number of ether oxygens (including phenoxy) is 1. The Morgan fingerprint density at radius 1 is 1.00 bits per heavy atom. The zero-order valence-electron chi connectivity index (χ0n) is 12.3. The zero-order chi connectivity index (χ0) is 15.6. The van der Waals surface area contributed by atoms with Gasteiger partial charge in [-0.3, -0.25) is 0 Å². The lowest BCUT2D eigenvalue weighted by Crippen LogP contribution is -2.39. The van der Waals surface area contributed by atoms with Gasteiger partial charge in [0.2, 0.25) is 0 Å². The van der Waals surface area contributed by atoms with E-state index in [4.69, 9.17) is 4.74 Å². The SMILES string of the molecule is FC(F)(F)c1nc(N2CCC(OC3CCCCC3)CC2)no1. The van der Waals surface area contributed by atoms with Crippen LogP contribution in [0.15, 0.2) is 4.52 Å². The van der Waals surface area contributed by atoms with Crippen LogP contribution in [0.2, 0.25) is 0 Å². The highest BCUT2D eigenvalue weighted by atomic mass is 19.4. The molecule has 0 radical (unpaired) electrons. The van der Waals surface area contributed by atoms with Gasteiger partial charge in [0.25, 0.3) is 5.95 Å². The molecule has 1 aliphatic carbocycles. The Morgan fingerprint density at radius 2 is 1.64 bits per heavy atom. The number of alkyl halides is 3. The lowest BCUT2D eigenvalue weighted by Gasteiger charge is -2.34. The molecule has 3 rings (SSSR count). The monoisotopic (exact) mass is 319 g/mol. The number of nitrogens with zero attached hydrogens (tertiary/aromatic N) is 3. The van der Waals surface area contributed by atoms with Gasteiger partial charge in [-0.1, -0.05) is 19.3 Å². The number of halogens is 3. The number of anilines is 1. The van der Waals surface area contributed by atoms with E-state index < -0.39 is 12.1 Å². The van der Waals surface area contributed by atoms with E-state index in [1.807, 2.05) is 0 Å². The predicted molar refractivity (Wildman–Crippen MR) is 72.5 cm³/mol. The number of hydrogen-bond acceptors (Lipinski definition) is 5. The summed E-state index contributed by atoms with van der Waals surface area (Å²) < 4.78 is 47.7. The van der Waals surface area contributed by atoms with Crippen molar-refractivity contribution in [2.75, 3.05) is 18.0 Å². The van der Waals surface area contributed by atoms with E-state index in [1.165, 1.54) is 19.3 Å². The molecule has 1 aliphatic heterocycles. The molecule has 1 saturated carbocycles. The minimum absolute atomic E-state index is 0.0171. The van der Waals surface area contributed by atoms with E-state index in [-0.39, 0.29) is 12.1 Å². The Labute approximate surface area is 126 Å². The third-order valence-electron chi connectivity index (χ3n) is 4.32. The Hall–Kier alpha value is -1.31. The molecule has 0 spiro atoms. The molecule has 1 saturated heterocycles. The second-order valence-corrected chi connectivity index (χ2v) is 5.98. The van der Waals surface area contributed by atoms with E-state index in [9.17, 15) is 13.2 Å². The molecule has 2 heterocycles. The summed E-state index contributed by atoms with van der Waals surface area (Å²) in [6.45, 7) is 1.18. The molecule has 0 unspecified atom stereocenters. The molecule has 0 atom stereocenters. The molecule has 2 fully saturated rings. The van der Waals surface area contributed by atoms with Gasteiger partial charge >= 0.3 is 12.1 Å². The van der Waals surface area contributed by atoms with Crippen LogP contribution in [0.3, 0.4) is 0 Å². The second kappa shape index (κ2) is 6.44. The molecule has 2 aliphatic rings. The van der Waals surface area contributed by atoms with Gasteiger partial charge in [0.15, 0.2) is 0 Å². The fourth-order valence-electron chi connectivity index (χ4n) is 3.12. The minimum Gasteiger partial charge on any atom is -0.375 e. The first kappa shape index (κ1) is 15.6. The summed E-state index contributed by atoms with van der Waals surface area (Å²) in [4.78, 5) is 5.15. The van der Waals surface area contributed by atoms with Gasteiger partial charge in [0, 0.05) is 13.1 Å². The average molecular weight is 319 g/mol. The standard InChI is InChI=1S/C14H20F3N3O2/c15-14(16,17)12-18-13(19-22-12)20-8-6-11(7-9-20)21-10-4-2-1-3-5-10/h10-11H,1-9H2. The van der Waals surface area contributed by atoms with E-state index >= 15 is 0 Å². The van der Waals surface area contributed by atoms with Crippen molar-refractivity contribution in [1.29, 1.82) is 0 Å². The van der Waals surface area contributed by atoms with Crippen LogP contribution in [0.1, 0.15) is 50.8 Å². The molecule has 0 aromatic carbocycles. The Bertz CT molecular complexity index is 478. The van der Waals surface area contributed by atoms with Crippen LogP contribution < -0.4 is 4.90 Å². The Kier molecular flexibility index (Phi) is 4.56. The number of hydrogen-bond donors (Lipinski definition) is 0. The van der Waals surface area contributed by atoms with Crippen molar-refractivity contribution in [2.24, 2.45) is 0 Å². The fourth-order valence-corrected chi connectivity index (χ4v) is 3.12. The van der Waals surface area contributed by atoms with Crippen LogP contribution >= 0.6 is 0 Å². The van der Waals surface area contributed by atoms with Crippen molar-refractivity contribution in [1.82, 2.24) is 10.1 Å². The maximum absolute atomic E-state index is 12.5. The number of rotatable bonds is 3. The summed E-state index contributed by atoms with van der Waals surface area (Å²) in [6, 6.07) is 0. The summed E-state index contributed by atoms with van der Waals surface area (Å²) in [6.07, 6.45) is 3.52. The second-order valence-electron chi connectivity index (χ2n) is 5.98. The highest BCUT2D eigenvalue weighted by Crippen LogP contribution is 2.30. The Morgan fingerprint density at radius 3 is 2.23 bits per heavy atom. The largest absolute Gasteiger partial charge is 0.471 e. The molecule has 22 heavy (non-hydrogen) atoms. The maximum atomic E-state index is 12.5. The summed E-state index contributed by atoms with van der Waals surface area (Å²) in [5.74, 6) is -1.27. The molecule has 8 heteroatoms. The molecule has 124 valence electrons. The minimum atomic E-state index is -4.59. The van der Waals surface area contributed by atoms with Crippen LogP contribution in [-0.2, 0) is 10.9 Å². The average Bonchev–Trinajstić information content (AvgIpc) is 2.99. The molecule has 5 nitrogen and oxygen atoms in total. The number of piperidine rings is 1. The van der Waals surface area contributed by atoms with E-state index in [0.717, 1.165) is 25.7 Å². The van der Waals surface area contributed by atoms with Crippen LogP contribution in [0.25, 0.3) is 0 Å². The fraction of sp³-hybridized carbons (Fsp3) is 0.857. The van der Waals surface area contributed by atoms with Gasteiger partial charge in [-0.2, -0.15) is 18.2 Å². The highest BCUT2D eigenvalue weighted by Gasteiger charge is 2.39. The van der Waals surface area contributed by atoms with Gasteiger partial charge in [0.05, 0.1) is 12.2 Å². The van der Waals surface area contributed by atoms with Gasteiger partial charge in [-0.25, -0.2) is 0 Å². The lowest BCUT2D eigenvalue weighted by molar-refractivity contribution is -0.159. The van der Waals surface area contributed by atoms with Crippen molar-refractivity contribution in [3.8, 4) is 0 Å². The van der Waals surface area contributed by atoms with Crippen LogP contribution in [0.4, 0.5) is 19.1 Å². The van der Waals surface area contributed by atoms with Gasteiger partial charge < -0.3 is 14.2 Å². The van der Waals surface area contributed by atoms with Gasteiger partial charge in [-0.15, -0.1) is 0 Å². The first-order valence-electron chi connectivity index (χ1n) is 7.83.